The van der Waals surface area contributed by atoms with Crippen LogP contribution < -0.4 is 19.7 Å². The molecule has 7 nitrogen and oxygen atoms in total. The molecule has 0 aromatic heterocycles. The highest BCUT2D eigenvalue weighted by atomic mass is 35.5. The molecule has 1 aliphatic rings. The number of carbonyl (C=O) groups excluding carboxylic acids is 1. The van der Waals surface area contributed by atoms with E-state index in [1.165, 1.54) is 13.2 Å². The number of rotatable bonds is 8. The van der Waals surface area contributed by atoms with Gasteiger partial charge in [0.05, 0.1) is 31.7 Å². The van der Waals surface area contributed by atoms with Gasteiger partial charge in [-0.1, -0.05) is 30.3 Å². The van der Waals surface area contributed by atoms with Gasteiger partial charge >= 0.3 is 0 Å². The van der Waals surface area contributed by atoms with Crippen LogP contribution in [0, 0.1) is 11.3 Å². The topological polar surface area (TPSA) is 83.8 Å². The molecule has 1 fully saturated rings. The van der Waals surface area contributed by atoms with Crippen LogP contribution >= 0.6 is 11.6 Å². The fourth-order valence-electron chi connectivity index (χ4n) is 3.24. The molecule has 166 valence electrons. The Bertz CT molecular complexity index is 1060. The Kier molecular flexibility index (Phi) is 8.14. The summed E-state index contributed by atoms with van der Waals surface area (Å²) in [5, 5.41) is 12.9. The van der Waals surface area contributed by atoms with Gasteiger partial charge in [-0.15, -0.1) is 0 Å². The summed E-state index contributed by atoms with van der Waals surface area (Å²) in [6.07, 6.45) is 3.13. The van der Waals surface area contributed by atoms with Crippen LogP contribution in [0.2, 0.25) is 5.02 Å². The first-order valence-corrected chi connectivity index (χ1v) is 10.4. The van der Waals surface area contributed by atoms with Crippen molar-refractivity contribution in [3.8, 4) is 17.6 Å². The molecule has 1 saturated heterocycles. The second kappa shape index (κ2) is 11.2. The van der Waals surface area contributed by atoms with E-state index in [0.29, 0.717) is 60.7 Å². The lowest BCUT2D eigenvalue weighted by molar-refractivity contribution is -0.112. The van der Waals surface area contributed by atoms with Gasteiger partial charge in [0.25, 0.3) is 5.91 Å². The molecule has 0 bridgehead atoms. The maximum Gasteiger partial charge on any atom is 0.266 e. The molecule has 1 heterocycles. The van der Waals surface area contributed by atoms with E-state index in [-0.39, 0.29) is 5.57 Å². The van der Waals surface area contributed by atoms with Gasteiger partial charge in [-0.3, -0.25) is 4.79 Å². The van der Waals surface area contributed by atoms with Crippen LogP contribution in [0.4, 0.5) is 11.4 Å². The fraction of sp³-hybridized carbons (Fsp3) is 0.250. The van der Waals surface area contributed by atoms with Gasteiger partial charge in [-0.25, -0.2) is 0 Å². The number of nitriles is 1. The fourth-order valence-corrected chi connectivity index (χ4v) is 3.41. The number of ether oxygens (including phenoxy) is 3. The number of anilines is 2. The number of methoxy groups -OCH3 is 1. The molecule has 32 heavy (non-hydrogen) atoms. The highest BCUT2D eigenvalue weighted by Gasteiger charge is 2.18. The average molecular weight is 454 g/mol. The summed E-state index contributed by atoms with van der Waals surface area (Å²) in [6.45, 7) is 6.57. The monoisotopic (exact) mass is 453 g/mol. The SMILES string of the molecule is C=CCOc1ccc(/C=C(\C#N)C(=O)Nc2cc(Cl)ccc2N2CCOCC2)cc1OC. The van der Waals surface area contributed by atoms with Gasteiger partial charge in [0, 0.05) is 18.1 Å². The van der Waals surface area contributed by atoms with E-state index in [1.807, 2.05) is 12.1 Å². The van der Waals surface area contributed by atoms with Gasteiger partial charge in [-0.2, -0.15) is 5.26 Å². The van der Waals surface area contributed by atoms with Gasteiger partial charge in [0.15, 0.2) is 11.5 Å². The predicted octanol–water partition coefficient (Wildman–Crippen LogP) is 4.30. The van der Waals surface area contributed by atoms with Crippen LogP contribution in [0.15, 0.2) is 54.6 Å². The van der Waals surface area contributed by atoms with Gasteiger partial charge < -0.3 is 24.4 Å². The number of morpholine rings is 1. The van der Waals surface area contributed by atoms with Crippen molar-refractivity contribution in [2.75, 3.05) is 50.2 Å². The Morgan fingerprint density at radius 2 is 2.06 bits per heavy atom. The summed E-state index contributed by atoms with van der Waals surface area (Å²) in [7, 11) is 1.52. The molecule has 0 aliphatic carbocycles. The standard InChI is InChI=1S/C24H24ClN3O4/c1-3-10-32-22-7-4-17(14-23(22)30-2)13-18(16-26)24(29)27-20-15-19(25)5-6-21(20)28-8-11-31-12-9-28/h3-7,13-15H,1,8-12H2,2H3,(H,27,29)/b18-13+. The summed E-state index contributed by atoms with van der Waals surface area (Å²) in [4.78, 5) is 15.0. The van der Waals surface area contributed by atoms with Crippen LogP contribution in [0.25, 0.3) is 6.08 Å². The molecule has 3 rings (SSSR count). The van der Waals surface area contributed by atoms with Crippen LogP contribution in [0.5, 0.6) is 11.5 Å². The zero-order chi connectivity index (χ0) is 22.9. The number of carbonyl (C=O) groups is 1. The average Bonchev–Trinajstić information content (AvgIpc) is 2.82. The second-order valence-corrected chi connectivity index (χ2v) is 7.33. The summed E-state index contributed by atoms with van der Waals surface area (Å²) < 4.78 is 16.3. The first-order valence-electron chi connectivity index (χ1n) is 10.0. The van der Waals surface area contributed by atoms with E-state index >= 15 is 0 Å². The first-order chi connectivity index (χ1) is 15.5. The molecule has 2 aromatic carbocycles. The number of nitrogens with zero attached hydrogens (tertiary/aromatic N) is 2. The van der Waals surface area contributed by atoms with E-state index < -0.39 is 5.91 Å². The van der Waals surface area contributed by atoms with E-state index in [2.05, 4.69) is 16.8 Å². The normalized spacial score (nSPS) is 13.8. The van der Waals surface area contributed by atoms with E-state index in [4.69, 9.17) is 25.8 Å². The minimum atomic E-state index is -0.532. The molecule has 0 radical (unpaired) electrons. The number of nitrogens with one attached hydrogen (secondary N) is 1. The molecule has 0 spiro atoms. The Balaban J connectivity index is 1.84. The Hall–Kier alpha value is -3.47. The Morgan fingerprint density at radius 3 is 2.75 bits per heavy atom. The van der Waals surface area contributed by atoms with E-state index in [0.717, 1.165) is 5.69 Å². The first kappa shape index (κ1) is 23.2. The molecule has 0 unspecified atom stereocenters. The van der Waals surface area contributed by atoms with Crippen molar-refractivity contribution in [3.05, 3.63) is 65.2 Å². The van der Waals surface area contributed by atoms with Crippen molar-refractivity contribution in [2.45, 2.75) is 0 Å². The summed E-state index contributed by atoms with van der Waals surface area (Å²) in [5.74, 6) is 0.500. The van der Waals surface area contributed by atoms with Crippen molar-refractivity contribution >= 4 is 35.0 Å². The van der Waals surface area contributed by atoms with Crippen molar-refractivity contribution in [2.24, 2.45) is 0 Å². The second-order valence-electron chi connectivity index (χ2n) is 6.89. The minimum Gasteiger partial charge on any atom is -0.493 e. The third-order valence-corrected chi connectivity index (χ3v) is 5.01. The Morgan fingerprint density at radius 1 is 1.28 bits per heavy atom. The van der Waals surface area contributed by atoms with Crippen LogP contribution in [-0.2, 0) is 9.53 Å². The number of hydrogen-bond acceptors (Lipinski definition) is 6. The molecule has 1 amide bonds. The molecular formula is C24H24ClN3O4. The third-order valence-electron chi connectivity index (χ3n) is 4.78. The summed E-state index contributed by atoms with van der Waals surface area (Å²) >= 11 is 6.16. The van der Waals surface area contributed by atoms with Crippen molar-refractivity contribution in [1.29, 1.82) is 5.26 Å². The van der Waals surface area contributed by atoms with Crippen LogP contribution in [0.1, 0.15) is 5.56 Å². The molecule has 1 N–H and O–H groups in total. The zero-order valence-corrected chi connectivity index (χ0v) is 18.5. The van der Waals surface area contributed by atoms with Gasteiger partial charge in [0.1, 0.15) is 18.2 Å². The summed E-state index contributed by atoms with van der Waals surface area (Å²) in [5.41, 5.74) is 1.93. The lowest BCUT2D eigenvalue weighted by Crippen LogP contribution is -2.36. The molecule has 1 aliphatic heterocycles. The number of amides is 1. The van der Waals surface area contributed by atoms with Crippen molar-refractivity contribution < 1.29 is 19.0 Å². The maximum absolute atomic E-state index is 12.9. The van der Waals surface area contributed by atoms with Crippen molar-refractivity contribution in [1.82, 2.24) is 0 Å². The minimum absolute atomic E-state index is 0.0558. The lowest BCUT2D eigenvalue weighted by atomic mass is 10.1. The van der Waals surface area contributed by atoms with Gasteiger partial charge in [0.2, 0.25) is 0 Å². The summed E-state index contributed by atoms with van der Waals surface area (Å²) in [6, 6.07) is 12.4. The molecule has 0 saturated carbocycles. The lowest BCUT2D eigenvalue weighted by Gasteiger charge is -2.30. The number of halogens is 1. The quantitative estimate of drug-likeness (QED) is 0.364. The highest BCUT2D eigenvalue weighted by Crippen LogP contribution is 2.31. The van der Waals surface area contributed by atoms with Crippen LogP contribution in [-0.4, -0.2) is 45.9 Å². The zero-order valence-electron chi connectivity index (χ0n) is 17.8. The Labute approximate surface area is 192 Å². The number of hydrogen-bond donors (Lipinski definition) is 1. The van der Waals surface area contributed by atoms with E-state index in [1.54, 1.807) is 36.4 Å². The largest absolute Gasteiger partial charge is 0.493 e. The molecule has 8 heteroatoms. The predicted molar refractivity (Wildman–Crippen MR) is 125 cm³/mol. The molecular weight excluding hydrogens is 430 g/mol. The maximum atomic E-state index is 12.9. The number of benzene rings is 2. The van der Waals surface area contributed by atoms with Gasteiger partial charge in [-0.05, 0) is 42.0 Å². The van der Waals surface area contributed by atoms with Crippen molar-refractivity contribution in [3.63, 3.8) is 0 Å². The smallest absolute Gasteiger partial charge is 0.266 e. The van der Waals surface area contributed by atoms with Crippen LogP contribution in [0.3, 0.4) is 0 Å². The highest BCUT2D eigenvalue weighted by molar-refractivity contribution is 6.31. The molecule has 2 aromatic rings. The third kappa shape index (κ3) is 5.82. The molecule has 0 atom stereocenters. The van der Waals surface area contributed by atoms with E-state index in [9.17, 15) is 10.1 Å².